The van der Waals surface area contributed by atoms with E-state index in [2.05, 4.69) is 0 Å². The molecule has 0 aromatic carbocycles. The molecule has 0 amide bonds. The minimum atomic E-state index is -3.91. The molecule has 1 N–H and O–H groups in total. The first kappa shape index (κ1) is 12.0. The lowest BCUT2D eigenvalue weighted by Gasteiger charge is -2.32. The second kappa shape index (κ2) is 3.81. The van der Waals surface area contributed by atoms with Gasteiger partial charge in [-0.05, 0) is 24.2 Å². The van der Waals surface area contributed by atoms with Crippen LogP contribution in [0.3, 0.4) is 0 Å². The molecule has 0 aromatic rings. The van der Waals surface area contributed by atoms with Crippen LogP contribution in [-0.2, 0) is 10.1 Å². The zero-order valence-electron chi connectivity index (χ0n) is 9.16. The van der Waals surface area contributed by atoms with Crippen molar-refractivity contribution in [3.63, 3.8) is 0 Å². The fraction of sp³-hybridized carbons (Fsp3) is 1.00. The largest absolute Gasteiger partial charge is 0.285 e. The van der Waals surface area contributed by atoms with Gasteiger partial charge in [-0.1, -0.05) is 33.6 Å². The quantitative estimate of drug-likeness (QED) is 0.727. The van der Waals surface area contributed by atoms with Crippen molar-refractivity contribution in [1.82, 2.24) is 0 Å². The Morgan fingerprint density at radius 3 is 1.93 bits per heavy atom. The summed E-state index contributed by atoms with van der Waals surface area (Å²) in [6, 6.07) is 0. The molecule has 84 valence electrons. The average Bonchev–Trinajstić information content (AvgIpc) is 2.31. The Kier molecular flexibility index (Phi) is 3.26. The number of hydrogen-bond donors (Lipinski definition) is 1. The van der Waals surface area contributed by atoms with E-state index in [4.69, 9.17) is 0 Å². The molecule has 1 fully saturated rings. The molecule has 0 heterocycles. The molecule has 1 aliphatic rings. The highest BCUT2D eigenvalue weighted by atomic mass is 32.2. The first-order valence-corrected chi connectivity index (χ1v) is 6.69. The Balaban J connectivity index is 2.93. The van der Waals surface area contributed by atoms with Gasteiger partial charge in [0.1, 0.15) is 0 Å². The third kappa shape index (κ3) is 2.70. The molecule has 0 bridgehead atoms. The van der Waals surface area contributed by atoms with Crippen molar-refractivity contribution in [3.05, 3.63) is 0 Å². The van der Waals surface area contributed by atoms with Crippen molar-refractivity contribution in [2.45, 2.75) is 51.7 Å². The maximum absolute atomic E-state index is 11.3. The van der Waals surface area contributed by atoms with Crippen LogP contribution in [0, 0.1) is 11.3 Å². The van der Waals surface area contributed by atoms with Gasteiger partial charge in [0.15, 0.2) is 0 Å². The Morgan fingerprint density at radius 1 is 1.21 bits per heavy atom. The van der Waals surface area contributed by atoms with Crippen LogP contribution in [0.4, 0.5) is 0 Å². The van der Waals surface area contributed by atoms with Crippen molar-refractivity contribution in [3.8, 4) is 0 Å². The van der Waals surface area contributed by atoms with Crippen LogP contribution < -0.4 is 0 Å². The van der Waals surface area contributed by atoms with Crippen molar-refractivity contribution in [2.75, 3.05) is 0 Å². The molecule has 1 unspecified atom stereocenters. The minimum absolute atomic E-state index is 0.144. The van der Waals surface area contributed by atoms with E-state index < -0.39 is 15.4 Å². The predicted octanol–water partition coefficient (Wildman–Crippen LogP) is 2.48. The van der Waals surface area contributed by atoms with Crippen LogP contribution in [0.25, 0.3) is 0 Å². The maximum Gasteiger partial charge on any atom is 0.268 e. The fourth-order valence-electron chi connectivity index (χ4n) is 2.66. The molecule has 3 nitrogen and oxygen atoms in total. The molecule has 4 heteroatoms. The highest BCUT2D eigenvalue weighted by Crippen LogP contribution is 2.39. The van der Waals surface area contributed by atoms with Gasteiger partial charge in [-0.2, -0.15) is 8.42 Å². The van der Waals surface area contributed by atoms with Gasteiger partial charge in [0.25, 0.3) is 10.1 Å². The molecule has 1 atom stereocenters. The summed E-state index contributed by atoms with van der Waals surface area (Å²) < 4.78 is 31.9. The summed E-state index contributed by atoms with van der Waals surface area (Å²) in [4.78, 5) is 0. The van der Waals surface area contributed by atoms with Crippen molar-refractivity contribution in [1.29, 1.82) is 0 Å². The van der Waals surface area contributed by atoms with Crippen LogP contribution in [0.2, 0.25) is 0 Å². The normalized spacial score (nSPS) is 22.6. The Labute approximate surface area is 86.6 Å². The molecule has 0 spiro atoms. The summed E-state index contributed by atoms with van der Waals surface area (Å²) in [5, 5.41) is -0.600. The van der Waals surface area contributed by atoms with Crippen LogP contribution >= 0.6 is 0 Å². The van der Waals surface area contributed by atoms with Gasteiger partial charge in [0.2, 0.25) is 0 Å². The summed E-state index contributed by atoms with van der Waals surface area (Å²) in [7, 11) is -3.91. The summed E-state index contributed by atoms with van der Waals surface area (Å²) >= 11 is 0. The van der Waals surface area contributed by atoms with Crippen molar-refractivity contribution >= 4 is 10.1 Å². The van der Waals surface area contributed by atoms with Gasteiger partial charge in [-0.25, -0.2) is 0 Å². The van der Waals surface area contributed by atoms with E-state index in [1.807, 2.05) is 20.8 Å². The van der Waals surface area contributed by atoms with E-state index >= 15 is 0 Å². The lowest BCUT2D eigenvalue weighted by molar-refractivity contribution is 0.281. The Bertz CT molecular complexity index is 281. The van der Waals surface area contributed by atoms with E-state index in [1.165, 1.54) is 0 Å². The summed E-state index contributed by atoms with van der Waals surface area (Å²) in [6.45, 7) is 5.64. The molecule has 0 saturated heterocycles. The van der Waals surface area contributed by atoms with Crippen LogP contribution in [0.1, 0.15) is 46.5 Å². The number of rotatable bonds is 2. The first-order valence-electron chi connectivity index (χ1n) is 5.19. The summed E-state index contributed by atoms with van der Waals surface area (Å²) in [5.74, 6) is 0.144. The molecule has 0 aliphatic heterocycles. The monoisotopic (exact) mass is 220 g/mol. The van der Waals surface area contributed by atoms with Gasteiger partial charge in [0, 0.05) is 0 Å². The molecule has 1 rings (SSSR count). The topological polar surface area (TPSA) is 54.4 Å². The molecule has 1 saturated carbocycles. The number of hydrogen-bond acceptors (Lipinski definition) is 2. The highest BCUT2D eigenvalue weighted by Gasteiger charge is 2.42. The lowest BCUT2D eigenvalue weighted by atomic mass is 9.83. The molecule has 0 aromatic heterocycles. The average molecular weight is 220 g/mol. The zero-order valence-corrected chi connectivity index (χ0v) is 9.97. The molecular weight excluding hydrogens is 200 g/mol. The smallest absolute Gasteiger partial charge is 0.268 e. The standard InChI is InChI=1S/C10H20O3S/c1-10(2,3)9(14(11,12)13)8-6-4-5-7-8/h8-9H,4-7H2,1-3H3,(H,11,12,13). The van der Waals surface area contributed by atoms with E-state index in [0.29, 0.717) is 0 Å². The van der Waals surface area contributed by atoms with Crippen LogP contribution in [0.5, 0.6) is 0 Å². The minimum Gasteiger partial charge on any atom is -0.285 e. The summed E-state index contributed by atoms with van der Waals surface area (Å²) in [5.41, 5.74) is -0.372. The van der Waals surface area contributed by atoms with Crippen LogP contribution in [-0.4, -0.2) is 18.2 Å². The molecular formula is C10H20O3S. The van der Waals surface area contributed by atoms with E-state index in [0.717, 1.165) is 25.7 Å². The van der Waals surface area contributed by atoms with E-state index in [1.54, 1.807) is 0 Å². The Morgan fingerprint density at radius 2 is 1.64 bits per heavy atom. The zero-order chi connectivity index (χ0) is 11.0. The fourth-order valence-corrected chi connectivity index (χ4v) is 4.31. The van der Waals surface area contributed by atoms with E-state index in [-0.39, 0.29) is 11.3 Å². The van der Waals surface area contributed by atoms with Crippen molar-refractivity contribution in [2.24, 2.45) is 11.3 Å². The highest BCUT2D eigenvalue weighted by molar-refractivity contribution is 7.86. The third-order valence-electron chi connectivity index (χ3n) is 3.00. The van der Waals surface area contributed by atoms with Gasteiger partial charge in [-0.15, -0.1) is 0 Å². The molecule has 0 radical (unpaired) electrons. The maximum atomic E-state index is 11.3. The van der Waals surface area contributed by atoms with Gasteiger partial charge in [-0.3, -0.25) is 4.55 Å². The van der Waals surface area contributed by atoms with Gasteiger partial charge in [0.05, 0.1) is 5.25 Å². The molecule has 1 aliphatic carbocycles. The first-order chi connectivity index (χ1) is 6.23. The van der Waals surface area contributed by atoms with Gasteiger partial charge < -0.3 is 0 Å². The van der Waals surface area contributed by atoms with Crippen LogP contribution in [0.15, 0.2) is 0 Å². The second-order valence-corrected chi connectivity index (χ2v) is 6.88. The Hall–Kier alpha value is -0.0900. The molecule has 14 heavy (non-hydrogen) atoms. The van der Waals surface area contributed by atoms with Gasteiger partial charge >= 0.3 is 0 Å². The van der Waals surface area contributed by atoms with Crippen molar-refractivity contribution < 1.29 is 13.0 Å². The third-order valence-corrected chi connectivity index (χ3v) is 4.74. The lowest BCUT2D eigenvalue weighted by Crippen LogP contribution is -2.39. The predicted molar refractivity (Wildman–Crippen MR) is 56.7 cm³/mol. The SMILES string of the molecule is CC(C)(C)C(C1CCCC1)S(=O)(=O)O. The van der Waals surface area contributed by atoms with E-state index in [9.17, 15) is 13.0 Å². The second-order valence-electron chi connectivity index (χ2n) is 5.35. The summed E-state index contributed by atoms with van der Waals surface area (Å²) in [6.07, 6.45) is 4.04.